The molecule has 0 bridgehead atoms. The second kappa shape index (κ2) is 7.04. The maximum atomic E-state index is 10.8. The van der Waals surface area contributed by atoms with Crippen LogP contribution in [0.25, 0.3) is 0 Å². The fraction of sp³-hybridized carbons (Fsp3) is 0.333. The summed E-state index contributed by atoms with van der Waals surface area (Å²) in [5.41, 5.74) is 2.70. The number of methoxy groups -OCH3 is 1. The monoisotopic (exact) mass is 331 g/mol. The minimum Gasteiger partial charge on any atom is -0.495 e. The zero-order chi connectivity index (χ0) is 17.0. The molecule has 122 valence electrons. The zero-order valence-electron chi connectivity index (χ0n) is 13.8. The lowest BCUT2D eigenvalue weighted by Gasteiger charge is -2.19. The van der Waals surface area contributed by atoms with E-state index in [2.05, 4.69) is 45.0 Å². The Morgan fingerprint density at radius 1 is 1.13 bits per heavy atom. The van der Waals surface area contributed by atoms with Crippen LogP contribution in [0.2, 0.25) is 0 Å². The summed E-state index contributed by atoms with van der Waals surface area (Å²) in [5, 5.41) is 10.8. The third-order valence-corrected chi connectivity index (χ3v) is 4.70. The Morgan fingerprint density at radius 3 is 2.30 bits per heavy atom. The predicted octanol–water partition coefficient (Wildman–Crippen LogP) is 5.19. The number of nitrogens with zero attached hydrogens (tertiary/aromatic N) is 1. The highest BCUT2D eigenvalue weighted by Gasteiger charge is 2.14. The minimum atomic E-state index is -0.414. The Labute approximate surface area is 141 Å². The van der Waals surface area contributed by atoms with Crippen molar-refractivity contribution in [1.82, 2.24) is 0 Å². The summed E-state index contributed by atoms with van der Waals surface area (Å²) in [5.74, 6) is 1.33. The lowest BCUT2D eigenvalue weighted by Crippen LogP contribution is -2.10. The summed E-state index contributed by atoms with van der Waals surface area (Å²) in [6, 6.07) is 13.3. The fourth-order valence-electron chi connectivity index (χ4n) is 2.15. The Balaban J connectivity index is 2.10. The molecule has 2 aromatic rings. The van der Waals surface area contributed by atoms with Gasteiger partial charge in [0.15, 0.2) is 0 Å². The zero-order valence-corrected chi connectivity index (χ0v) is 14.6. The quantitative estimate of drug-likeness (QED) is 0.429. The van der Waals surface area contributed by atoms with E-state index in [0.29, 0.717) is 5.75 Å². The molecule has 0 atom stereocenters. The van der Waals surface area contributed by atoms with Crippen molar-refractivity contribution in [2.45, 2.75) is 36.8 Å². The van der Waals surface area contributed by atoms with E-state index in [4.69, 9.17) is 4.74 Å². The van der Waals surface area contributed by atoms with Gasteiger partial charge in [0.25, 0.3) is 5.69 Å². The molecule has 0 aliphatic carbocycles. The van der Waals surface area contributed by atoms with Gasteiger partial charge in [0, 0.05) is 11.8 Å². The molecule has 0 N–H and O–H groups in total. The average Bonchev–Trinajstić information content (AvgIpc) is 2.52. The Hall–Kier alpha value is -2.01. The molecule has 0 heterocycles. The van der Waals surface area contributed by atoms with Crippen molar-refractivity contribution in [3.05, 3.63) is 63.7 Å². The van der Waals surface area contributed by atoms with Crippen LogP contribution in [-0.4, -0.2) is 12.0 Å². The fourth-order valence-corrected chi connectivity index (χ4v) is 3.11. The van der Waals surface area contributed by atoms with Gasteiger partial charge in [0.1, 0.15) is 5.75 Å². The van der Waals surface area contributed by atoms with Crippen LogP contribution in [0.5, 0.6) is 5.75 Å². The second-order valence-corrected chi connectivity index (χ2v) is 7.35. The maximum absolute atomic E-state index is 10.8. The number of ether oxygens (including phenoxy) is 1. The van der Waals surface area contributed by atoms with Crippen molar-refractivity contribution in [2.24, 2.45) is 0 Å². The predicted molar refractivity (Wildman–Crippen MR) is 94.4 cm³/mol. The normalized spacial score (nSPS) is 11.3. The summed E-state index contributed by atoms with van der Waals surface area (Å²) in [7, 11) is 1.53. The van der Waals surface area contributed by atoms with Gasteiger partial charge < -0.3 is 4.74 Å². The number of nitro groups is 1. The molecule has 0 aliphatic heterocycles. The number of non-ortho nitro benzene ring substituents is 1. The summed E-state index contributed by atoms with van der Waals surface area (Å²) >= 11 is 1.61. The van der Waals surface area contributed by atoms with Crippen LogP contribution in [0.1, 0.15) is 31.9 Å². The second-order valence-electron chi connectivity index (χ2n) is 6.33. The molecule has 0 aromatic heterocycles. The van der Waals surface area contributed by atoms with E-state index in [1.54, 1.807) is 17.8 Å². The van der Waals surface area contributed by atoms with Crippen molar-refractivity contribution in [3.63, 3.8) is 0 Å². The molecule has 2 rings (SSSR count). The van der Waals surface area contributed by atoms with Crippen LogP contribution in [0, 0.1) is 10.1 Å². The molecular formula is C18H21NO3S. The summed E-state index contributed by atoms with van der Waals surface area (Å²) in [4.78, 5) is 11.3. The first-order valence-corrected chi connectivity index (χ1v) is 8.34. The minimum absolute atomic E-state index is 0.0423. The van der Waals surface area contributed by atoms with Crippen molar-refractivity contribution >= 4 is 17.4 Å². The lowest BCUT2D eigenvalue weighted by atomic mass is 9.87. The first-order valence-electron chi connectivity index (χ1n) is 7.36. The Morgan fingerprint density at radius 2 is 1.78 bits per heavy atom. The highest BCUT2D eigenvalue weighted by atomic mass is 32.2. The van der Waals surface area contributed by atoms with Gasteiger partial charge in [-0.2, -0.15) is 0 Å². The smallest absolute Gasteiger partial charge is 0.273 e. The molecule has 2 aromatic carbocycles. The molecular weight excluding hydrogens is 310 g/mol. The van der Waals surface area contributed by atoms with Gasteiger partial charge in [-0.3, -0.25) is 10.1 Å². The van der Waals surface area contributed by atoms with Gasteiger partial charge >= 0.3 is 0 Å². The summed E-state index contributed by atoms with van der Waals surface area (Å²) < 4.78 is 5.26. The van der Waals surface area contributed by atoms with Crippen molar-refractivity contribution in [1.29, 1.82) is 0 Å². The SMILES string of the molecule is COc1cc([N+](=O)[O-])ccc1SCc1ccc(C(C)(C)C)cc1. The molecule has 0 spiro atoms. The van der Waals surface area contributed by atoms with Crippen molar-refractivity contribution in [2.75, 3.05) is 7.11 Å². The van der Waals surface area contributed by atoms with Crippen LogP contribution in [0.4, 0.5) is 5.69 Å². The number of hydrogen-bond acceptors (Lipinski definition) is 4. The molecule has 4 nitrogen and oxygen atoms in total. The molecule has 5 heteroatoms. The van der Waals surface area contributed by atoms with Gasteiger partial charge in [-0.15, -0.1) is 11.8 Å². The van der Waals surface area contributed by atoms with Crippen molar-refractivity contribution < 1.29 is 9.66 Å². The van der Waals surface area contributed by atoms with E-state index in [0.717, 1.165) is 10.6 Å². The largest absolute Gasteiger partial charge is 0.495 e. The Kier molecular flexibility index (Phi) is 5.31. The molecule has 0 unspecified atom stereocenters. The van der Waals surface area contributed by atoms with E-state index in [9.17, 15) is 10.1 Å². The summed E-state index contributed by atoms with van der Waals surface area (Å²) in [6.45, 7) is 6.58. The van der Waals surface area contributed by atoms with Gasteiger partial charge in [-0.1, -0.05) is 45.0 Å². The highest BCUT2D eigenvalue weighted by Crippen LogP contribution is 2.34. The van der Waals surface area contributed by atoms with Crippen molar-refractivity contribution in [3.8, 4) is 5.75 Å². The van der Waals surface area contributed by atoms with Crippen LogP contribution in [0.15, 0.2) is 47.4 Å². The van der Waals surface area contributed by atoms with Crippen LogP contribution >= 0.6 is 11.8 Å². The third-order valence-electron chi connectivity index (χ3n) is 3.57. The van der Waals surface area contributed by atoms with Crippen LogP contribution in [0.3, 0.4) is 0 Å². The molecule has 0 aliphatic rings. The number of thioether (sulfide) groups is 1. The molecule has 0 saturated heterocycles. The average molecular weight is 331 g/mol. The van der Waals surface area contributed by atoms with Crippen LogP contribution < -0.4 is 4.74 Å². The topological polar surface area (TPSA) is 52.4 Å². The summed E-state index contributed by atoms with van der Waals surface area (Å²) in [6.07, 6.45) is 0. The van der Waals surface area contributed by atoms with E-state index in [1.165, 1.54) is 30.4 Å². The molecule has 0 amide bonds. The highest BCUT2D eigenvalue weighted by molar-refractivity contribution is 7.98. The first-order chi connectivity index (χ1) is 10.8. The number of nitro benzene ring substituents is 1. The molecule has 0 saturated carbocycles. The number of rotatable bonds is 5. The lowest BCUT2D eigenvalue weighted by molar-refractivity contribution is -0.385. The third kappa shape index (κ3) is 4.48. The van der Waals surface area contributed by atoms with E-state index in [-0.39, 0.29) is 11.1 Å². The van der Waals surface area contributed by atoms with Gasteiger partial charge in [-0.05, 0) is 22.6 Å². The van der Waals surface area contributed by atoms with E-state index in [1.807, 2.05) is 0 Å². The van der Waals surface area contributed by atoms with Gasteiger partial charge in [0.05, 0.1) is 23.0 Å². The first kappa shape index (κ1) is 17.3. The van der Waals surface area contributed by atoms with Crippen LogP contribution in [-0.2, 0) is 11.2 Å². The van der Waals surface area contributed by atoms with Gasteiger partial charge in [-0.25, -0.2) is 0 Å². The number of benzene rings is 2. The number of hydrogen-bond donors (Lipinski definition) is 0. The molecule has 0 fully saturated rings. The maximum Gasteiger partial charge on any atom is 0.273 e. The molecule has 23 heavy (non-hydrogen) atoms. The standard InChI is InChI=1S/C18H21NO3S/c1-18(2,3)14-7-5-13(6-8-14)12-23-17-10-9-15(19(20)21)11-16(17)22-4/h5-11H,12H2,1-4H3. The van der Waals surface area contributed by atoms with E-state index >= 15 is 0 Å². The Bertz CT molecular complexity index is 690. The van der Waals surface area contributed by atoms with Gasteiger partial charge in [0.2, 0.25) is 0 Å². The molecule has 0 radical (unpaired) electrons. The van der Waals surface area contributed by atoms with E-state index < -0.39 is 4.92 Å².